The molecule has 0 aliphatic heterocycles. The Hall–Kier alpha value is -1.57. The molecule has 0 saturated heterocycles. The number of aryl methyl sites for hydroxylation is 2. The van der Waals surface area contributed by atoms with Gasteiger partial charge in [0.05, 0.1) is 18.0 Å². The van der Waals surface area contributed by atoms with Gasteiger partial charge in [0, 0.05) is 37.1 Å². The Morgan fingerprint density at radius 2 is 2.04 bits per heavy atom. The van der Waals surface area contributed by atoms with Gasteiger partial charge in [-0.3, -0.25) is 4.68 Å². The maximum absolute atomic E-state index is 11.3. The molecule has 1 atom stereocenters. The highest BCUT2D eigenvalue weighted by molar-refractivity contribution is 7.90. The average Bonchev–Trinajstić information content (AvgIpc) is 2.67. The minimum Gasteiger partial charge on any atom is -0.357 e. The summed E-state index contributed by atoms with van der Waals surface area (Å²) >= 11 is 0. The molecule has 23 heavy (non-hydrogen) atoms. The van der Waals surface area contributed by atoms with Gasteiger partial charge in [0.2, 0.25) is 0 Å². The maximum atomic E-state index is 11.3. The summed E-state index contributed by atoms with van der Waals surface area (Å²) in [5.41, 5.74) is 3.20. The molecule has 0 aromatic carbocycles. The number of nitrogens with one attached hydrogen (secondary N) is 2. The second-order valence-electron chi connectivity index (χ2n) is 5.93. The van der Waals surface area contributed by atoms with E-state index in [-0.39, 0.29) is 11.8 Å². The molecule has 0 fully saturated rings. The minimum atomic E-state index is -2.94. The van der Waals surface area contributed by atoms with Crippen molar-refractivity contribution in [2.45, 2.75) is 46.7 Å². The third-order valence-corrected chi connectivity index (χ3v) is 4.68. The van der Waals surface area contributed by atoms with Gasteiger partial charge in [-0.1, -0.05) is 0 Å². The molecule has 1 rings (SSSR count). The third kappa shape index (κ3) is 6.60. The quantitative estimate of drug-likeness (QED) is 0.568. The Morgan fingerprint density at radius 1 is 1.39 bits per heavy atom. The summed E-state index contributed by atoms with van der Waals surface area (Å²) in [7, 11) is -1.02. The summed E-state index contributed by atoms with van der Waals surface area (Å²) < 4.78 is 24.4. The molecule has 0 saturated carbocycles. The molecule has 0 amide bonds. The molecule has 0 spiro atoms. The van der Waals surface area contributed by atoms with Crippen LogP contribution in [0.2, 0.25) is 0 Å². The zero-order chi connectivity index (χ0) is 17.6. The van der Waals surface area contributed by atoms with E-state index in [1.165, 1.54) is 6.26 Å². The van der Waals surface area contributed by atoms with Crippen molar-refractivity contribution in [3.63, 3.8) is 0 Å². The van der Waals surface area contributed by atoms with E-state index >= 15 is 0 Å². The van der Waals surface area contributed by atoms with Gasteiger partial charge in [-0.25, -0.2) is 13.4 Å². The Balaban J connectivity index is 2.73. The smallest absolute Gasteiger partial charge is 0.191 e. The van der Waals surface area contributed by atoms with Crippen molar-refractivity contribution < 1.29 is 8.42 Å². The number of rotatable bonds is 7. The number of aliphatic imine (C=N–C) groups is 1. The van der Waals surface area contributed by atoms with Crippen LogP contribution in [0.4, 0.5) is 0 Å². The minimum absolute atomic E-state index is 0.0265. The highest BCUT2D eigenvalue weighted by Gasteiger charge is 2.11. The van der Waals surface area contributed by atoms with Gasteiger partial charge < -0.3 is 10.6 Å². The fourth-order valence-corrected chi connectivity index (χ4v) is 3.00. The van der Waals surface area contributed by atoms with Gasteiger partial charge in [-0.15, -0.1) is 0 Å². The number of hydrogen-bond acceptors (Lipinski definition) is 4. The maximum Gasteiger partial charge on any atom is 0.191 e. The molecule has 132 valence electrons. The van der Waals surface area contributed by atoms with Gasteiger partial charge in [-0.05, 0) is 34.1 Å². The van der Waals surface area contributed by atoms with Crippen LogP contribution < -0.4 is 10.6 Å². The van der Waals surface area contributed by atoms with Gasteiger partial charge in [0.15, 0.2) is 5.96 Å². The van der Waals surface area contributed by atoms with Gasteiger partial charge >= 0.3 is 0 Å². The van der Waals surface area contributed by atoms with E-state index in [0.717, 1.165) is 23.5 Å². The number of nitrogens with zero attached hydrogens (tertiary/aromatic N) is 3. The first-order chi connectivity index (χ1) is 10.6. The highest BCUT2D eigenvalue weighted by Crippen LogP contribution is 2.12. The zero-order valence-electron chi connectivity index (χ0n) is 15.0. The Kier molecular flexibility index (Phi) is 7.05. The zero-order valence-corrected chi connectivity index (χ0v) is 15.8. The predicted octanol–water partition coefficient (Wildman–Crippen LogP) is 0.915. The van der Waals surface area contributed by atoms with Gasteiger partial charge in [0.25, 0.3) is 0 Å². The van der Waals surface area contributed by atoms with E-state index < -0.39 is 9.84 Å². The number of sulfone groups is 1. The molecule has 2 N–H and O–H groups in total. The Morgan fingerprint density at radius 3 is 2.52 bits per heavy atom. The van der Waals surface area contributed by atoms with Crippen LogP contribution in [0.1, 0.15) is 37.2 Å². The topological polar surface area (TPSA) is 88.4 Å². The summed E-state index contributed by atoms with van der Waals surface area (Å²) in [6.45, 7) is 9.25. The van der Waals surface area contributed by atoms with Gasteiger partial charge in [0.1, 0.15) is 9.84 Å². The number of aromatic nitrogens is 2. The highest BCUT2D eigenvalue weighted by atomic mass is 32.2. The van der Waals surface area contributed by atoms with Crippen molar-refractivity contribution >= 4 is 15.8 Å². The lowest BCUT2D eigenvalue weighted by molar-refractivity contribution is 0.581. The molecule has 8 heteroatoms. The van der Waals surface area contributed by atoms with Gasteiger partial charge in [-0.2, -0.15) is 5.10 Å². The summed E-state index contributed by atoms with van der Waals surface area (Å²) in [6.07, 6.45) is 1.81. The van der Waals surface area contributed by atoms with Crippen molar-refractivity contribution in [1.82, 2.24) is 20.4 Å². The monoisotopic (exact) mass is 343 g/mol. The molecular weight excluding hydrogens is 314 g/mol. The molecule has 0 bridgehead atoms. The van der Waals surface area contributed by atoms with E-state index in [2.05, 4.69) is 20.7 Å². The predicted molar refractivity (Wildman–Crippen MR) is 94.4 cm³/mol. The average molecular weight is 343 g/mol. The molecule has 1 unspecified atom stereocenters. The lowest BCUT2D eigenvalue weighted by Gasteiger charge is -2.17. The molecule has 0 radical (unpaired) electrons. The van der Waals surface area contributed by atoms with Crippen LogP contribution in [0.25, 0.3) is 0 Å². The normalized spacial score (nSPS) is 13.9. The molecule has 0 aliphatic carbocycles. The largest absolute Gasteiger partial charge is 0.357 e. The Bertz CT molecular complexity index is 649. The molecule has 1 heterocycles. The van der Waals surface area contributed by atoms with E-state index in [1.54, 1.807) is 0 Å². The van der Waals surface area contributed by atoms with Crippen LogP contribution in [0, 0.1) is 13.8 Å². The van der Waals surface area contributed by atoms with Crippen LogP contribution in [0.3, 0.4) is 0 Å². The lowest BCUT2D eigenvalue weighted by atomic mass is 10.2. The second kappa shape index (κ2) is 8.33. The first kappa shape index (κ1) is 19.5. The first-order valence-electron chi connectivity index (χ1n) is 7.85. The second-order valence-corrected chi connectivity index (χ2v) is 8.19. The summed E-state index contributed by atoms with van der Waals surface area (Å²) in [5, 5.41) is 10.8. The van der Waals surface area contributed by atoms with Crippen LogP contribution in [-0.4, -0.2) is 48.8 Å². The first-order valence-corrected chi connectivity index (χ1v) is 9.91. The van der Waals surface area contributed by atoms with Crippen molar-refractivity contribution in [3.8, 4) is 0 Å². The summed E-state index contributed by atoms with van der Waals surface area (Å²) in [5.74, 6) is 0.859. The van der Waals surface area contributed by atoms with Crippen LogP contribution in [0.5, 0.6) is 0 Å². The van der Waals surface area contributed by atoms with Crippen LogP contribution in [0.15, 0.2) is 4.99 Å². The lowest BCUT2D eigenvalue weighted by Crippen LogP contribution is -2.42. The standard InChI is InChI=1S/C15H29N5O2S/c1-7-16-15(18-11(2)8-9-23(6,21)22)17-10-14-12(3)19-20(5)13(14)4/h11H,7-10H2,1-6H3,(H2,16,17,18). The fraction of sp³-hybridized carbons (Fsp3) is 0.733. The summed E-state index contributed by atoms with van der Waals surface area (Å²) in [6, 6.07) is 0.0265. The van der Waals surface area contributed by atoms with Crippen molar-refractivity contribution in [2.24, 2.45) is 12.0 Å². The Labute approximate surface area is 139 Å². The van der Waals surface area contributed by atoms with E-state index in [0.29, 0.717) is 18.9 Å². The number of guanidine groups is 1. The van der Waals surface area contributed by atoms with Crippen LogP contribution in [-0.2, 0) is 23.4 Å². The van der Waals surface area contributed by atoms with Crippen molar-refractivity contribution in [2.75, 3.05) is 18.6 Å². The van der Waals surface area contributed by atoms with E-state index in [9.17, 15) is 8.42 Å². The molecular formula is C15H29N5O2S. The van der Waals surface area contributed by atoms with Crippen molar-refractivity contribution in [1.29, 1.82) is 0 Å². The molecule has 0 aliphatic rings. The number of hydrogen-bond donors (Lipinski definition) is 2. The fourth-order valence-electron chi connectivity index (χ4n) is 2.22. The molecule has 1 aromatic heterocycles. The van der Waals surface area contributed by atoms with E-state index in [4.69, 9.17) is 0 Å². The SMILES string of the molecule is CCNC(=NCc1c(C)nn(C)c1C)NC(C)CCS(C)(=O)=O. The van der Waals surface area contributed by atoms with E-state index in [1.807, 2.05) is 39.4 Å². The third-order valence-electron chi connectivity index (χ3n) is 3.70. The van der Waals surface area contributed by atoms with Crippen LogP contribution >= 0.6 is 0 Å². The molecule has 7 nitrogen and oxygen atoms in total. The van der Waals surface area contributed by atoms with Crippen molar-refractivity contribution in [3.05, 3.63) is 17.0 Å². The summed E-state index contributed by atoms with van der Waals surface area (Å²) in [4.78, 5) is 4.59. The molecule has 1 aromatic rings.